The molecule has 2 rings (SSSR count). The molecular weight excluding hydrogens is 266 g/mol. The summed E-state index contributed by atoms with van der Waals surface area (Å²) in [4.78, 5) is 19.6. The first-order chi connectivity index (χ1) is 10.1. The fourth-order valence-corrected chi connectivity index (χ4v) is 2.55. The van der Waals surface area contributed by atoms with E-state index in [1.54, 1.807) is 0 Å². The fraction of sp³-hybridized carbons (Fsp3) is 0.500. The van der Waals surface area contributed by atoms with Gasteiger partial charge in [0, 0.05) is 26.2 Å². The summed E-state index contributed by atoms with van der Waals surface area (Å²) in [6.45, 7) is 9.11. The molecule has 0 unspecified atom stereocenters. The third kappa shape index (κ3) is 4.48. The predicted octanol–water partition coefficient (Wildman–Crippen LogP) is 2.54. The van der Waals surface area contributed by atoms with Crippen LogP contribution in [0.2, 0.25) is 0 Å². The molecule has 0 atom stereocenters. The van der Waals surface area contributed by atoms with Crippen LogP contribution >= 0.6 is 0 Å². The zero-order valence-electron chi connectivity index (χ0n) is 12.6. The highest BCUT2D eigenvalue weighted by molar-refractivity contribution is 5.67. The van der Waals surface area contributed by atoms with E-state index in [-0.39, 0.29) is 6.42 Å². The van der Waals surface area contributed by atoms with E-state index in [0.29, 0.717) is 13.1 Å². The number of nitrogens with zero attached hydrogens (tertiary/aromatic N) is 3. The second-order valence-electron chi connectivity index (χ2n) is 5.59. The Morgan fingerprint density at radius 1 is 1.43 bits per heavy atom. The maximum Gasteiger partial charge on any atom is 0.305 e. The maximum absolute atomic E-state index is 10.8. The summed E-state index contributed by atoms with van der Waals surface area (Å²) in [6, 6.07) is 4.04. The number of pyridine rings is 1. The molecule has 0 aliphatic carbocycles. The van der Waals surface area contributed by atoms with E-state index in [0.717, 1.165) is 30.2 Å². The molecular formula is C16H23N3O2. The van der Waals surface area contributed by atoms with Crippen LogP contribution in [0, 0.1) is 0 Å². The number of aliphatic carboxylic acids is 1. The Balaban J connectivity index is 2.07. The molecule has 0 aromatic carbocycles. The highest BCUT2D eigenvalue weighted by Crippen LogP contribution is 2.21. The molecule has 0 spiro atoms. The molecule has 1 aliphatic heterocycles. The monoisotopic (exact) mass is 289 g/mol. The van der Waals surface area contributed by atoms with E-state index < -0.39 is 5.97 Å². The van der Waals surface area contributed by atoms with Crippen molar-refractivity contribution in [1.29, 1.82) is 0 Å². The number of carbonyl (C=O) groups is 1. The van der Waals surface area contributed by atoms with Crippen LogP contribution in [-0.2, 0) is 4.79 Å². The molecule has 21 heavy (non-hydrogen) atoms. The normalized spacial score (nSPS) is 14.2. The fourth-order valence-electron chi connectivity index (χ4n) is 2.55. The van der Waals surface area contributed by atoms with E-state index in [4.69, 9.17) is 5.11 Å². The quantitative estimate of drug-likeness (QED) is 0.782. The average molecular weight is 289 g/mol. The van der Waals surface area contributed by atoms with Crippen LogP contribution in [-0.4, -0.2) is 42.2 Å². The van der Waals surface area contributed by atoms with Gasteiger partial charge >= 0.3 is 5.97 Å². The standard InChI is InChI=1S/C16H23N3O2/c1-13(2)12-19(10-7-16(20)21)14-5-6-15(17-11-14)18-8-3-4-9-18/h5-6,11H,1,3-4,7-10,12H2,2H3,(H,20,21). The van der Waals surface area contributed by atoms with Crippen molar-refractivity contribution in [3.8, 4) is 0 Å². The molecule has 1 aliphatic rings. The van der Waals surface area contributed by atoms with E-state index in [1.165, 1.54) is 12.8 Å². The molecule has 0 bridgehead atoms. The summed E-state index contributed by atoms with van der Waals surface area (Å²) in [5.74, 6) is 0.216. The van der Waals surface area contributed by atoms with Gasteiger partial charge in [-0.05, 0) is 31.9 Å². The number of carboxylic acid groups (broad SMARTS) is 1. The Hall–Kier alpha value is -2.04. The zero-order chi connectivity index (χ0) is 15.2. The summed E-state index contributed by atoms with van der Waals surface area (Å²) in [5, 5.41) is 8.86. The summed E-state index contributed by atoms with van der Waals surface area (Å²) in [7, 11) is 0. The van der Waals surface area contributed by atoms with Gasteiger partial charge in [0.05, 0.1) is 18.3 Å². The largest absolute Gasteiger partial charge is 0.481 e. The van der Waals surface area contributed by atoms with Crippen molar-refractivity contribution in [1.82, 2.24) is 4.98 Å². The van der Waals surface area contributed by atoms with Gasteiger partial charge in [-0.2, -0.15) is 0 Å². The molecule has 1 aromatic heterocycles. The van der Waals surface area contributed by atoms with Crippen molar-refractivity contribution in [2.24, 2.45) is 0 Å². The Labute approximate surface area is 125 Å². The average Bonchev–Trinajstić information content (AvgIpc) is 2.97. The van der Waals surface area contributed by atoms with Crippen molar-refractivity contribution < 1.29 is 9.90 Å². The van der Waals surface area contributed by atoms with Crippen LogP contribution in [0.15, 0.2) is 30.5 Å². The number of hydrogen-bond donors (Lipinski definition) is 1. The molecule has 0 amide bonds. The van der Waals surface area contributed by atoms with Gasteiger partial charge < -0.3 is 14.9 Å². The number of carboxylic acids is 1. The highest BCUT2D eigenvalue weighted by Gasteiger charge is 2.14. The number of rotatable bonds is 7. The van der Waals surface area contributed by atoms with Crippen LogP contribution < -0.4 is 9.80 Å². The Kier molecular flexibility index (Phi) is 5.20. The molecule has 1 saturated heterocycles. The van der Waals surface area contributed by atoms with Crippen LogP contribution in [0.1, 0.15) is 26.2 Å². The second-order valence-corrected chi connectivity index (χ2v) is 5.59. The molecule has 1 N–H and O–H groups in total. The third-order valence-electron chi connectivity index (χ3n) is 3.58. The van der Waals surface area contributed by atoms with Gasteiger partial charge in [0.25, 0.3) is 0 Å². The van der Waals surface area contributed by atoms with E-state index >= 15 is 0 Å². The number of anilines is 2. The SMILES string of the molecule is C=C(C)CN(CCC(=O)O)c1ccc(N2CCCC2)nc1. The number of aromatic nitrogens is 1. The van der Waals surface area contributed by atoms with Gasteiger partial charge in [0.2, 0.25) is 0 Å². The lowest BCUT2D eigenvalue weighted by Crippen LogP contribution is -2.28. The lowest BCUT2D eigenvalue weighted by atomic mass is 10.2. The first-order valence-corrected chi connectivity index (χ1v) is 7.38. The minimum atomic E-state index is -0.789. The Morgan fingerprint density at radius 2 is 2.14 bits per heavy atom. The Bertz CT molecular complexity index is 493. The first-order valence-electron chi connectivity index (χ1n) is 7.38. The van der Waals surface area contributed by atoms with E-state index in [9.17, 15) is 4.79 Å². The van der Waals surface area contributed by atoms with E-state index in [2.05, 4.69) is 16.5 Å². The van der Waals surface area contributed by atoms with Crippen molar-refractivity contribution in [3.05, 3.63) is 30.5 Å². The van der Waals surface area contributed by atoms with Gasteiger partial charge in [-0.15, -0.1) is 0 Å². The van der Waals surface area contributed by atoms with Gasteiger partial charge in [-0.25, -0.2) is 4.98 Å². The first kappa shape index (κ1) is 15.4. The van der Waals surface area contributed by atoms with Crippen molar-refractivity contribution in [2.45, 2.75) is 26.2 Å². The molecule has 1 aromatic rings. The topological polar surface area (TPSA) is 56.7 Å². The molecule has 114 valence electrons. The second kappa shape index (κ2) is 7.11. The van der Waals surface area contributed by atoms with E-state index in [1.807, 2.05) is 30.2 Å². The summed E-state index contributed by atoms with van der Waals surface area (Å²) < 4.78 is 0. The molecule has 2 heterocycles. The van der Waals surface area contributed by atoms with Gasteiger partial charge in [-0.3, -0.25) is 4.79 Å². The molecule has 1 fully saturated rings. The Morgan fingerprint density at radius 3 is 2.67 bits per heavy atom. The van der Waals surface area contributed by atoms with Gasteiger partial charge in [0.15, 0.2) is 0 Å². The van der Waals surface area contributed by atoms with Crippen LogP contribution in [0.25, 0.3) is 0 Å². The molecule has 5 nitrogen and oxygen atoms in total. The van der Waals surface area contributed by atoms with Crippen LogP contribution in [0.4, 0.5) is 11.5 Å². The van der Waals surface area contributed by atoms with Gasteiger partial charge in [-0.1, -0.05) is 12.2 Å². The number of hydrogen-bond acceptors (Lipinski definition) is 4. The third-order valence-corrected chi connectivity index (χ3v) is 3.58. The smallest absolute Gasteiger partial charge is 0.305 e. The lowest BCUT2D eigenvalue weighted by Gasteiger charge is -2.25. The predicted molar refractivity (Wildman–Crippen MR) is 85.0 cm³/mol. The summed E-state index contributed by atoms with van der Waals surface area (Å²) >= 11 is 0. The maximum atomic E-state index is 10.8. The molecule has 5 heteroatoms. The highest BCUT2D eigenvalue weighted by atomic mass is 16.4. The summed E-state index contributed by atoms with van der Waals surface area (Å²) in [6.07, 6.45) is 4.40. The summed E-state index contributed by atoms with van der Waals surface area (Å²) in [5.41, 5.74) is 1.95. The molecule has 0 radical (unpaired) electrons. The minimum absolute atomic E-state index is 0.112. The molecule has 0 saturated carbocycles. The van der Waals surface area contributed by atoms with Crippen LogP contribution in [0.5, 0.6) is 0 Å². The zero-order valence-corrected chi connectivity index (χ0v) is 12.6. The van der Waals surface area contributed by atoms with Crippen molar-refractivity contribution in [2.75, 3.05) is 36.0 Å². The minimum Gasteiger partial charge on any atom is -0.481 e. The van der Waals surface area contributed by atoms with Crippen molar-refractivity contribution >= 4 is 17.5 Å². The van der Waals surface area contributed by atoms with Crippen molar-refractivity contribution in [3.63, 3.8) is 0 Å². The van der Waals surface area contributed by atoms with Gasteiger partial charge in [0.1, 0.15) is 5.82 Å². The van der Waals surface area contributed by atoms with Crippen LogP contribution in [0.3, 0.4) is 0 Å². The lowest BCUT2D eigenvalue weighted by molar-refractivity contribution is -0.136.